The quantitative estimate of drug-likeness (QED) is 0.727. The Labute approximate surface area is 152 Å². The lowest BCUT2D eigenvalue weighted by Crippen LogP contribution is -2.34. The van der Waals surface area contributed by atoms with Gasteiger partial charge in [0, 0.05) is 18.0 Å². The van der Waals surface area contributed by atoms with Crippen molar-refractivity contribution in [1.29, 1.82) is 0 Å². The molecule has 26 heavy (non-hydrogen) atoms. The lowest BCUT2D eigenvalue weighted by atomic mass is 10.2. The third kappa shape index (κ3) is 4.34. The van der Waals surface area contributed by atoms with Crippen LogP contribution in [0.5, 0.6) is 0 Å². The predicted octanol–water partition coefficient (Wildman–Crippen LogP) is 3.13. The van der Waals surface area contributed by atoms with Crippen molar-refractivity contribution in [1.82, 2.24) is 10.3 Å². The van der Waals surface area contributed by atoms with Crippen LogP contribution in [0.2, 0.25) is 0 Å². The predicted molar refractivity (Wildman–Crippen MR) is 100.0 cm³/mol. The summed E-state index contributed by atoms with van der Waals surface area (Å²) < 4.78 is 26.1. The average molecular weight is 366 g/mol. The number of hydrogen-bond donors (Lipinski definition) is 1. The molecule has 0 radical (unpaired) electrons. The van der Waals surface area contributed by atoms with Crippen molar-refractivity contribution < 1.29 is 13.2 Å². The Morgan fingerprint density at radius 2 is 1.46 bits per heavy atom. The zero-order valence-electron chi connectivity index (χ0n) is 13.9. The van der Waals surface area contributed by atoms with Gasteiger partial charge in [0.25, 0.3) is 5.91 Å². The Bertz CT molecular complexity index is 960. The summed E-state index contributed by atoms with van der Waals surface area (Å²) in [7, 11) is -3.69. The molecule has 1 N–H and O–H groups in total. The van der Waals surface area contributed by atoms with Gasteiger partial charge in [-0.05, 0) is 35.4 Å². The van der Waals surface area contributed by atoms with Gasteiger partial charge in [0.2, 0.25) is 0 Å². The molecule has 1 aromatic heterocycles. The van der Waals surface area contributed by atoms with E-state index in [4.69, 9.17) is 0 Å². The maximum Gasteiger partial charge on any atom is 0.252 e. The van der Waals surface area contributed by atoms with Crippen LogP contribution < -0.4 is 5.32 Å². The minimum Gasteiger partial charge on any atom is -0.332 e. The summed E-state index contributed by atoms with van der Waals surface area (Å²) in [5.74, 6) is -0.611. The first-order valence-electron chi connectivity index (χ1n) is 8.07. The summed E-state index contributed by atoms with van der Waals surface area (Å²) in [6, 6.07) is 20.6. The number of benzene rings is 2. The number of amides is 1. The number of sulfone groups is 1. The minimum atomic E-state index is -3.69. The van der Waals surface area contributed by atoms with Gasteiger partial charge in [-0.15, -0.1) is 0 Å². The Morgan fingerprint density at radius 1 is 0.885 bits per heavy atom. The molecule has 132 valence electrons. The van der Waals surface area contributed by atoms with Crippen molar-refractivity contribution in [3.8, 4) is 0 Å². The monoisotopic (exact) mass is 366 g/mol. The first-order valence-corrected chi connectivity index (χ1v) is 9.79. The molecule has 6 heteroatoms. The third-order valence-corrected chi connectivity index (χ3v) is 5.72. The van der Waals surface area contributed by atoms with Crippen LogP contribution in [0, 0.1) is 0 Å². The first kappa shape index (κ1) is 17.8. The van der Waals surface area contributed by atoms with Gasteiger partial charge in [-0.2, -0.15) is 0 Å². The standard InChI is InChI=1S/C20H18N2O3S/c23-19(17-9-5-2-6-10-17)22-20(18-11-13-21-14-12-18)26(24,25)15-16-7-3-1-4-8-16/h1-14,20H,15H2,(H,22,23). The van der Waals surface area contributed by atoms with Crippen LogP contribution in [0.1, 0.15) is 26.9 Å². The maximum atomic E-state index is 13.0. The second-order valence-electron chi connectivity index (χ2n) is 5.79. The molecule has 0 saturated carbocycles. The Balaban J connectivity index is 1.92. The second-order valence-corrected chi connectivity index (χ2v) is 7.88. The summed E-state index contributed by atoms with van der Waals surface area (Å²) in [5, 5.41) is 1.50. The zero-order chi connectivity index (χ0) is 18.4. The molecule has 0 fully saturated rings. The van der Waals surface area contributed by atoms with E-state index in [1.165, 1.54) is 12.4 Å². The SMILES string of the molecule is O=C(NC(c1ccncc1)S(=O)(=O)Cc1ccccc1)c1ccccc1. The van der Waals surface area contributed by atoms with Gasteiger partial charge in [-0.3, -0.25) is 9.78 Å². The molecule has 0 spiro atoms. The van der Waals surface area contributed by atoms with Crippen LogP contribution in [0.4, 0.5) is 0 Å². The zero-order valence-corrected chi connectivity index (χ0v) is 14.8. The van der Waals surface area contributed by atoms with Crippen molar-refractivity contribution in [2.24, 2.45) is 0 Å². The summed E-state index contributed by atoms with van der Waals surface area (Å²) >= 11 is 0. The van der Waals surface area contributed by atoms with Crippen molar-refractivity contribution in [2.45, 2.75) is 11.1 Å². The van der Waals surface area contributed by atoms with Crippen LogP contribution in [-0.2, 0) is 15.6 Å². The van der Waals surface area contributed by atoms with E-state index in [1.54, 1.807) is 66.7 Å². The Kier molecular flexibility index (Phi) is 5.43. The highest BCUT2D eigenvalue weighted by Gasteiger charge is 2.29. The van der Waals surface area contributed by atoms with Gasteiger partial charge in [0.15, 0.2) is 15.2 Å². The molecule has 1 heterocycles. The van der Waals surface area contributed by atoms with Gasteiger partial charge in [-0.25, -0.2) is 8.42 Å². The molecule has 1 atom stereocenters. The third-order valence-electron chi connectivity index (χ3n) is 3.88. The van der Waals surface area contributed by atoms with E-state index in [2.05, 4.69) is 10.3 Å². The highest BCUT2D eigenvalue weighted by molar-refractivity contribution is 7.90. The Hall–Kier alpha value is -2.99. The van der Waals surface area contributed by atoms with E-state index in [0.29, 0.717) is 16.7 Å². The smallest absolute Gasteiger partial charge is 0.252 e. The van der Waals surface area contributed by atoms with Crippen LogP contribution in [-0.4, -0.2) is 19.3 Å². The summed E-state index contributed by atoms with van der Waals surface area (Å²) in [4.78, 5) is 16.5. The average Bonchev–Trinajstić information content (AvgIpc) is 2.67. The molecular weight excluding hydrogens is 348 g/mol. The van der Waals surface area contributed by atoms with E-state index < -0.39 is 21.1 Å². The number of nitrogens with zero attached hydrogens (tertiary/aromatic N) is 1. The molecule has 1 unspecified atom stereocenters. The van der Waals surface area contributed by atoms with E-state index in [1.807, 2.05) is 6.07 Å². The van der Waals surface area contributed by atoms with E-state index in [9.17, 15) is 13.2 Å². The second kappa shape index (κ2) is 7.93. The summed E-state index contributed by atoms with van der Waals surface area (Å²) in [6.07, 6.45) is 3.02. The van der Waals surface area contributed by atoms with E-state index >= 15 is 0 Å². The van der Waals surface area contributed by atoms with Gasteiger partial charge in [0.1, 0.15) is 0 Å². The number of hydrogen-bond acceptors (Lipinski definition) is 4. The van der Waals surface area contributed by atoms with E-state index in [0.717, 1.165) is 0 Å². The summed E-state index contributed by atoms with van der Waals surface area (Å²) in [5.41, 5.74) is 1.54. The number of aromatic nitrogens is 1. The van der Waals surface area contributed by atoms with Crippen LogP contribution in [0.3, 0.4) is 0 Å². The van der Waals surface area contributed by atoms with Crippen molar-refractivity contribution in [3.63, 3.8) is 0 Å². The molecule has 0 aliphatic heterocycles. The van der Waals surface area contributed by atoms with Crippen molar-refractivity contribution in [2.75, 3.05) is 0 Å². The van der Waals surface area contributed by atoms with Gasteiger partial charge < -0.3 is 5.32 Å². The number of pyridine rings is 1. The molecule has 1 amide bonds. The molecule has 0 saturated heterocycles. The molecular formula is C20H18N2O3S. The van der Waals surface area contributed by atoms with Gasteiger partial charge in [-0.1, -0.05) is 48.5 Å². The maximum absolute atomic E-state index is 13.0. The molecule has 0 bridgehead atoms. The molecule has 5 nitrogen and oxygen atoms in total. The van der Waals surface area contributed by atoms with Crippen LogP contribution in [0.15, 0.2) is 85.2 Å². The van der Waals surface area contributed by atoms with Gasteiger partial charge in [0.05, 0.1) is 5.75 Å². The van der Waals surface area contributed by atoms with Crippen molar-refractivity contribution in [3.05, 3.63) is 102 Å². The number of carbonyl (C=O) groups excluding carboxylic acids is 1. The lowest BCUT2D eigenvalue weighted by Gasteiger charge is -2.20. The van der Waals surface area contributed by atoms with Crippen LogP contribution >= 0.6 is 0 Å². The molecule has 0 aliphatic rings. The largest absolute Gasteiger partial charge is 0.332 e. The molecule has 3 rings (SSSR count). The van der Waals surface area contributed by atoms with Crippen LogP contribution in [0.25, 0.3) is 0 Å². The fourth-order valence-corrected chi connectivity index (χ4v) is 4.28. The molecule has 3 aromatic rings. The highest BCUT2D eigenvalue weighted by atomic mass is 32.2. The topological polar surface area (TPSA) is 76.1 Å². The van der Waals surface area contributed by atoms with Crippen molar-refractivity contribution >= 4 is 15.7 Å². The fourth-order valence-electron chi connectivity index (χ4n) is 2.60. The minimum absolute atomic E-state index is 0.171. The number of carbonyl (C=O) groups is 1. The molecule has 0 aliphatic carbocycles. The lowest BCUT2D eigenvalue weighted by molar-refractivity contribution is 0.0948. The van der Waals surface area contributed by atoms with E-state index in [-0.39, 0.29) is 5.75 Å². The summed E-state index contributed by atoms with van der Waals surface area (Å²) in [6.45, 7) is 0. The number of rotatable bonds is 6. The number of nitrogens with one attached hydrogen (secondary N) is 1. The normalized spacial score (nSPS) is 12.3. The fraction of sp³-hybridized carbons (Fsp3) is 0.100. The van der Waals surface area contributed by atoms with Gasteiger partial charge >= 0.3 is 0 Å². The highest BCUT2D eigenvalue weighted by Crippen LogP contribution is 2.23. The molecule has 2 aromatic carbocycles. The Morgan fingerprint density at radius 3 is 2.08 bits per heavy atom. The first-order chi connectivity index (χ1) is 12.6.